The number of Topliss-reactive ketones (excluding diaryl/α,β-unsaturated/α-hetero) is 1. The Bertz CT molecular complexity index is 1210. The molecule has 1 aliphatic rings. The van der Waals surface area contributed by atoms with Gasteiger partial charge in [-0.1, -0.05) is 87.5 Å². The van der Waals surface area contributed by atoms with Gasteiger partial charge in [0, 0.05) is 5.69 Å². The summed E-state index contributed by atoms with van der Waals surface area (Å²) in [6, 6.07) is 22.4. The first-order chi connectivity index (χ1) is 17.1. The number of aliphatic hydroxyl groups excluding tert-OH is 1. The van der Waals surface area contributed by atoms with Crippen LogP contribution in [0.1, 0.15) is 61.4 Å². The van der Waals surface area contributed by atoms with E-state index >= 15 is 0 Å². The number of aryl methyl sites for hydroxylation is 2. The van der Waals surface area contributed by atoms with Crippen molar-refractivity contribution in [2.75, 3.05) is 5.32 Å². The third-order valence-corrected chi connectivity index (χ3v) is 7.03. The minimum absolute atomic E-state index is 0.0688. The minimum Gasteiger partial charge on any atom is -0.452 e. The van der Waals surface area contributed by atoms with Crippen LogP contribution in [0.3, 0.4) is 0 Å². The summed E-state index contributed by atoms with van der Waals surface area (Å²) >= 11 is 0. The molecule has 1 fully saturated rings. The maximum Gasteiger partial charge on any atom is 0.337 e. The van der Waals surface area contributed by atoms with E-state index < -0.39 is 17.6 Å². The van der Waals surface area contributed by atoms with Gasteiger partial charge in [0.25, 0.3) is 0 Å². The predicted octanol–water partition coefficient (Wildman–Crippen LogP) is 5.61. The molecule has 0 saturated carbocycles. The topological polar surface area (TPSA) is 75.6 Å². The Hall–Kier alpha value is -3.44. The van der Waals surface area contributed by atoms with Crippen molar-refractivity contribution < 1.29 is 19.4 Å². The fourth-order valence-corrected chi connectivity index (χ4v) is 4.94. The first-order valence-corrected chi connectivity index (χ1v) is 12.5. The van der Waals surface area contributed by atoms with E-state index in [1.54, 1.807) is 0 Å². The van der Waals surface area contributed by atoms with Crippen molar-refractivity contribution in [2.45, 2.75) is 70.6 Å². The standard InChI is InChI=1S/C31H35NO4/c1-21-17-26(25(30(2,3)4)18-23(21)20-33)32-28-27(34)19-31(36-29(28)35,24-13-9-6-10-14-24)16-15-22-11-7-5-8-12-22/h5-14,17-18,28,32-33H,15-16,19-20H2,1-4H3. The van der Waals surface area contributed by atoms with Gasteiger partial charge in [0.05, 0.1) is 13.0 Å². The van der Waals surface area contributed by atoms with E-state index in [-0.39, 0.29) is 24.2 Å². The second kappa shape index (κ2) is 10.3. The number of nitrogens with one attached hydrogen (secondary N) is 1. The molecular weight excluding hydrogens is 450 g/mol. The van der Waals surface area contributed by atoms with E-state index in [0.29, 0.717) is 18.5 Å². The molecule has 0 aliphatic carbocycles. The maximum absolute atomic E-state index is 13.6. The minimum atomic E-state index is -1.08. The van der Waals surface area contributed by atoms with Crippen LogP contribution >= 0.6 is 0 Å². The van der Waals surface area contributed by atoms with Gasteiger partial charge in [0.2, 0.25) is 0 Å². The van der Waals surface area contributed by atoms with E-state index in [1.165, 1.54) is 0 Å². The molecule has 0 amide bonds. The van der Waals surface area contributed by atoms with Crippen LogP contribution in [0.4, 0.5) is 5.69 Å². The zero-order valence-electron chi connectivity index (χ0n) is 21.5. The number of carbonyl (C=O) groups excluding carboxylic acids is 2. The van der Waals surface area contributed by atoms with Crippen LogP contribution in [0.15, 0.2) is 72.8 Å². The normalized spacial score (nSPS) is 20.2. The van der Waals surface area contributed by atoms with E-state index in [0.717, 1.165) is 27.8 Å². The highest BCUT2D eigenvalue weighted by atomic mass is 16.6. The number of hydrogen-bond donors (Lipinski definition) is 2. The Morgan fingerprint density at radius 2 is 1.64 bits per heavy atom. The molecule has 1 heterocycles. The number of cyclic esters (lactones) is 1. The average Bonchev–Trinajstić information content (AvgIpc) is 2.85. The van der Waals surface area contributed by atoms with Crippen LogP contribution in [0, 0.1) is 6.92 Å². The third-order valence-electron chi connectivity index (χ3n) is 7.03. The summed E-state index contributed by atoms with van der Waals surface area (Å²) < 4.78 is 6.18. The molecule has 1 aliphatic heterocycles. The van der Waals surface area contributed by atoms with Gasteiger partial charge in [-0.2, -0.15) is 0 Å². The quantitative estimate of drug-likeness (QED) is 0.336. The zero-order chi connectivity index (χ0) is 25.9. The Labute approximate surface area is 213 Å². The van der Waals surface area contributed by atoms with Crippen molar-refractivity contribution in [1.29, 1.82) is 0 Å². The molecule has 2 atom stereocenters. The molecule has 2 N–H and O–H groups in total. The van der Waals surface area contributed by atoms with E-state index in [1.807, 2.05) is 79.7 Å². The summed E-state index contributed by atoms with van der Waals surface area (Å²) in [5, 5.41) is 13.0. The van der Waals surface area contributed by atoms with Crippen molar-refractivity contribution in [1.82, 2.24) is 0 Å². The molecule has 5 heteroatoms. The van der Waals surface area contributed by atoms with E-state index in [4.69, 9.17) is 4.74 Å². The van der Waals surface area contributed by atoms with Gasteiger partial charge >= 0.3 is 5.97 Å². The van der Waals surface area contributed by atoms with Crippen molar-refractivity contribution in [3.63, 3.8) is 0 Å². The average molecular weight is 486 g/mol. The monoisotopic (exact) mass is 485 g/mol. The Morgan fingerprint density at radius 3 is 2.22 bits per heavy atom. The van der Waals surface area contributed by atoms with Crippen molar-refractivity contribution in [3.05, 3.63) is 101 Å². The van der Waals surface area contributed by atoms with Crippen LogP contribution in [0.25, 0.3) is 0 Å². The molecule has 188 valence electrons. The third kappa shape index (κ3) is 5.36. The molecule has 1 saturated heterocycles. The largest absolute Gasteiger partial charge is 0.452 e. The molecule has 0 aromatic heterocycles. The number of hydrogen-bond acceptors (Lipinski definition) is 5. The molecule has 0 radical (unpaired) electrons. The number of rotatable bonds is 7. The summed E-state index contributed by atoms with van der Waals surface area (Å²) in [4.78, 5) is 27.0. The molecule has 3 aromatic rings. The highest BCUT2D eigenvalue weighted by Crippen LogP contribution is 2.40. The number of anilines is 1. The van der Waals surface area contributed by atoms with Crippen molar-refractivity contribution >= 4 is 17.4 Å². The number of aliphatic hydroxyl groups is 1. The van der Waals surface area contributed by atoms with Crippen molar-refractivity contribution in [3.8, 4) is 0 Å². The second-order valence-electron chi connectivity index (χ2n) is 10.7. The molecule has 5 nitrogen and oxygen atoms in total. The number of benzene rings is 3. The lowest BCUT2D eigenvalue weighted by atomic mass is 9.79. The van der Waals surface area contributed by atoms with Gasteiger partial charge in [0.15, 0.2) is 11.8 Å². The summed E-state index contributed by atoms with van der Waals surface area (Å²) in [5.74, 6) is -0.751. The lowest BCUT2D eigenvalue weighted by molar-refractivity contribution is -0.174. The van der Waals surface area contributed by atoms with Crippen LogP contribution in [-0.4, -0.2) is 22.9 Å². The fourth-order valence-electron chi connectivity index (χ4n) is 4.94. The SMILES string of the molecule is Cc1cc(NC2C(=O)CC(CCc3ccccc3)(c3ccccc3)OC2=O)c(C(C)(C)C)cc1CO. The Morgan fingerprint density at radius 1 is 1.00 bits per heavy atom. The molecule has 4 rings (SSSR count). The summed E-state index contributed by atoms with van der Waals surface area (Å²) in [6.07, 6.45) is 1.30. The van der Waals surface area contributed by atoms with Gasteiger partial charge in [-0.3, -0.25) is 4.79 Å². The second-order valence-corrected chi connectivity index (χ2v) is 10.7. The highest BCUT2D eigenvalue weighted by Gasteiger charge is 2.48. The van der Waals surface area contributed by atoms with Crippen LogP contribution in [0.5, 0.6) is 0 Å². The summed E-state index contributed by atoms with van der Waals surface area (Å²) in [7, 11) is 0. The highest BCUT2D eigenvalue weighted by molar-refractivity contribution is 6.08. The number of carbonyl (C=O) groups is 2. The molecule has 36 heavy (non-hydrogen) atoms. The molecule has 0 spiro atoms. The summed E-state index contributed by atoms with van der Waals surface area (Å²) in [6.45, 7) is 8.04. The molecular formula is C31H35NO4. The fraction of sp³-hybridized carbons (Fsp3) is 0.355. The van der Waals surface area contributed by atoms with Crippen LogP contribution < -0.4 is 5.32 Å². The first-order valence-electron chi connectivity index (χ1n) is 12.5. The number of ketones is 1. The number of esters is 1. The lowest BCUT2D eigenvalue weighted by Gasteiger charge is -2.40. The lowest BCUT2D eigenvalue weighted by Crippen LogP contribution is -2.52. The maximum atomic E-state index is 13.6. The first kappa shape index (κ1) is 25.6. The Kier molecular flexibility index (Phi) is 7.32. The van der Waals surface area contributed by atoms with Gasteiger partial charge < -0.3 is 15.2 Å². The zero-order valence-corrected chi connectivity index (χ0v) is 21.5. The Balaban J connectivity index is 1.64. The van der Waals surface area contributed by atoms with Crippen molar-refractivity contribution in [2.24, 2.45) is 0 Å². The van der Waals surface area contributed by atoms with Crippen LogP contribution in [0.2, 0.25) is 0 Å². The van der Waals surface area contributed by atoms with Gasteiger partial charge in [-0.05, 0) is 59.1 Å². The number of ether oxygens (including phenoxy) is 1. The molecule has 2 unspecified atom stereocenters. The van der Waals surface area contributed by atoms with Gasteiger partial charge in [-0.25, -0.2) is 4.79 Å². The van der Waals surface area contributed by atoms with E-state index in [2.05, 4.69) is 26.1 Å². The molecule has 3 aromatic carbocycles. The smallest absolute Gasteiger partial charge is 0.337 e. The predicted molar refractivity (Wildman–Crippen MR) is 142 cm³/mol. The van der Waals surface area contributed by atoms with Crippen LogP contribution in [-0.2, 0) is 38.4 Å². The van der Waals surface area contributed by atoms with E-state index in [9.17, 15) is 14.7 Å². The molecule has 0 bridgehead atoms. The van der Waals surface area contributed by atoms with Gasteiger partial charge in [0.1, 0.15) is 5.60 Å². The van der Waals surface area contributed by atoms with Gasteiger partial charge in [-0.15, -0.1) is 0 Å². The summed E-state index contributed by atoms with van der Waals surface area (Å²) in [5.41, 5.74) is 4.06.